The molecule has 6 nitrogen and oxygen atoms in total. The number of fused-ring (bicyclic) bond motifs is 1. The van der Waals surface area contributed by atoms with Crippen molar-refractivity contribution in [2.45, 2.75) is 35.6 Å². The Balaban J connectivity index is 1.47. The molecule has 5 rings (SSSR count). The third-order valence-electron chi connectivity index (χ3n) is 6.78. The van der Waals surface area contributed by atoms with Gasteiger partial charge in [0, 0.05) is 22.2 Å². The van der Waals surface area contributed by atoms with Crippen molar-refractivity contribution in [2.75, 3.05) is 4.90 Å². The molecular weight excluding hydrogens is 582 g/mol. The Kier molecular flexibility index (Phi) is 8.81. The van der Waals surface area contributed by atoms with E-state index in [-0.39, 0.29) is 11.1 Å². The van der Waals surface area contributed by atoms with Gasteiger partial charge < -0.3 is 10.6 Å². The average Bonchev–Trinajstić information content (AvgIpc) is 3.08. The molecule has 0 aliphatic carbocycles. The molecule has 0 radical (unpaired) electrons. The van der Waals surface area contributed by atoms with E-state index in [4.69, 9.17) is 0 Å². The zero-order valence-electron chi connectivity index (χ0n) is 22.7. The van der Waals surface area contributed by atoms with E-state index in [1.807, 2.05) is 0 Å². The summed E-state index contributed by atoms with van der Waals surface area (Å²) in [4.78, 5) is 42.3. The maximum absolute atomic E-state index is 15.2. The quantitative estimate of drug-likeness (QED) is 0.253. The summed E-state index contributed by atoms with van der Waals surface area (Å²) in [6.45, 7) is 1.37. The highest BCUT2D eigenvalue weighted by molar-refractivity contribution is 7.99. The third-order valence-corrected chi connectivity index (χ3v) is 8.16. The number of para-hydroxylation sites is 2. The number of hydrogen-bond acceptors (Lipinski definition) is 4. The molecule has 220 valence electrons. The molecule has 0 fully saturated rings. The second-order valence-corrected chi connectivity index (χ2v) is 11.1. The summed E-state index contributed by atoms with van der Waals surface area (Å²) in [7, 11) is 0. The van der Waals surface area contributed by atoms with Crippen molar-refractivity contribution in [2.24, 2.45) is 0 Å². The third kappa shape index (κ3) is 6.72. The number of amides is 3. The van der Waals surface area contributed by atoms with Gasteiger partial charge in [0.05, 0.1) is 17.4 Å². The van der Waals surface area contributed by atoms with Gasteiger partial charge in [0.2, 0.25) is 11.8 Å². The molecule has 4 aromatic rings. The van der Waals surface area contributed by atoms with Gasteiger partial charge in [-0.1, -0.05) is 30.3 Å². The number of hydrogen-bond donors (Lipinski definition) is 2. The summed E-state index contributed by atoms with van der Waals surface area (Å²) >= 11 is 1.09. The summed E-state index contributed by atoms with van der Waals surface area (Å²) in [5, 5.41) is 4.01. The van der Waals surface area contributed by atoms with E-state index in [1.165, 1.54) is 11.8 Å². The number of nitrogens with zero attached hydrogens (tertiary/aromatic N) is 1. The van der Waals surface area contributed by atoms with E-state index >= 15 is 4.39 Å². The topological polar surface area (TPSA) is 78.5 Å². The van der Waals surface area contributed by atoms with Gasteiger partial charge in [0.25, 0.3) is 5.91 Å². The summed E-state index contributed by atoms with van der Waals surface area (Å²) in [6, 6.07) is 18.6. The van der Waals surface area contributed by atoms with Crippen molar-refractivity contribution in [3.8, 4) is 0 Å². The Morgan fingerprint density at radius 1 is 0.860 bits per heavy atom. The Labute approximate surface area is 249 Å². The molecule has 0 spiro atoms. The fraction of sp³-hybridized carbons (Fsp3) is 0.156. The number of carbonyl (C=O) groups is 3. The van der Waals surface area contributed by atoms with Crippen molar-refractivity contribution in [3.05, 3.63) is 125 Å². The Morgan fingerprint density at radius 2 is 1.53 bits per heavy atom. The number of nitrogens with one attached hydrogen (secondary N) is 2. The first-order valence-electron chi connectivity index (χ1n) is 13.2. The predicted octanol–water partition coefficient (Wildman–Crippen LogP) is 5.99. The van der Waals surface area contributed by atoms with E-state index in [1.54, 1.807) is 54.6 Å². The molecular formula is C32H25F4N3O3S. The molecule has 4 aromatic carbocycles. The maximum Gasteiger partial charge on any atom is 0.255 e. The number of anilines is 2. The summed E-state index contributed by atoms with van der Waals surface area (Å²) in [6.07, 6.45) is -0.404. The molecule has 3 amide bonds. The molecule has 2 N–H and O–H groups in total. The SMILES string of the molecule is C[C@H](NC(=O)Cc1cc(F)cc(F)c1)C(=O)N[C@H]1C(=O)N(c2ccccc2)c2ccccc2S[C@H]1c1cc(F)ccc1F. The molecule has 0 bridgehead atoms. The largest absolute Gasteiger partial charge is 0.344 e. The normalized spacial score (nSPS) is 17.0. The molecule has 43 heavy (non-hydrogen) atoms. The smallest absolute Gasteiger partial charge is 0.255 e. The van der Waals surface area contributed by atoms with Gasteiger partial charge in [-0.2, -0.15) is 0 Å². The van der Waals surface area contributed by atoms with Gasteiger partial charge in [-0.15, -0.1) is 11.8 Å². The highest BCUT2D eigenvalue weighted by atomic mass is 32.2. The molecule has 11 heteroatoms. The lowest BCUT2D eigenvalue weighted by Gasteiger charge is -2.30. The highest BCUT2D eigenvalue weighted by Gasteiger charge is 2.41. The van der Waals surface area contributed by atoms with Crippen molar-refractivity contribution in [1.82, 2.24) is 10.6 Å². The van der Waals surface area contributed by atoms with Crippen LogP contribution in [0.15, 0.2) is 95.9 Å². The van der Waals surface area contributed by atoms with E-state index < -0.39 is 64.7 Å². The van der Waals surface area contributed by atoms with Gasteiger partial charge in [-0.25, -0.2) is 17.6 Å². The Morgan fingerprint density at radius 3 is 2.26 bits per heavy atom. The van der Waals surface area contributed by atoms with Crippen LogP contribution in [0.4, 0.5) is 28.9 Å². The van der Waals surface area contributed by atoms with Crippen molar-refractivity contribution in [3.63, 3.8) is 0 Å². The van der Waals surface area contributed by atoms with Crippen LogP contribution in [0.5, 0.6) is 0 Å². The van der Waals surface area contributed by atoms with E-state index in [2.05, 4.69) is 10.6 Å². The minimum absolute atomic E-state index is 0.0656. The van der Waals surface area contributed by atoms with Crippen LogP contribution < -0.4 is 15.5 Å². The van der Waals surface area contributed by atoms with E-state index in [9.17, 15) is 27.6 Å². The molecule has 1 aliphatic heterocycles. The molecule has 1 heterocycles. The molecule has 0 saturated carbocycles. The number of benzene rings is 4. The average molecular weight is 608 g/mol. The molecule has 0 saturated heterocycles. The number of carbonyl (C=O) groups excluding carboxylic acids is 3. The van der Waals surface area contributed by atoms with Gasteiger partial charge in [-0.3, -0.25) is 19.3 Å². The van der Waals surface area contributed by atoms with Gasteiger partial charge in [-0.05, 0) is 67.1 Å². The lowest BCUT2D eigenvalue weighted by molar-refractivity contribution is -0.130. The minimum atomic E-state index is -1.40. The van der Waals surface area contributed by atoms with Crippen LogP contribution in [-0.2, 0) is 20.8 Å². The zero-order chi connectivity index (χ0) is 30.7. The first-order chi connectivity index (χ1) is 20.6. The summed E-state index contributed by atoms with van der Waals surface area (Å²) < 4.78 is 56.7. The summed E-state index contributed by atoms with van der Waals surface area (Å²) in [5.74, 6) is -5.27. The van der Waals surface area contributed by atoms with Crippen molar-refractivity contribution < 1.29 is 31.9 Å². The monoisotopic (exact) mass is 607 g/mol. The number of thioether (sulfide) groups is 1. The summed E-state index contributed by atoms with van der Waals surface area (Å²) in [5.41, 5.74) is 0.920. The fourth-order valence-corrected chi connectivity index (χ4v) is 6.16. The number of rotatable bonds is 7. The van der Waals surface area contributed by atoms with Crippen molar-refractivity contribution in [1.29, 1.82) is 0 Å². The van der Waals surface area contributed by atoms with Gasteiger partial charge in [0.1, 0.15) is 35.4 Å². The van der Waals surface area contributed by atoms with Crippen LogP contribution in [0.1, 0.15) is 23.3 Å². The second kappa shape index (κ2) is 12.7. The fourth-order valence-electron chi connectivity index (χ4n) is 4.82. The molecule has 0 aromatic heterocycles. The lowest BCUT2D eigenvalue weighted by Crippen LogP contribution is -2.54. The highest BCUT2D eigenvalue weighted by Crippen LogP contribution is 2.48. The van der Waals surface area contributed by atoms with Gasteiger partial charge in [0.15, 0.2) is 0 Å². The molecule has 1 aliphatic rings. The van der Waals surface area contributed by atoms with Gasteiger partial charge >= 0.3 is 0 Å². The Bertz CT molecular complexity index is 1670. The van der Waals surface area contributed by atoms with Crippen LogP contribution in [0, 0.1) is 23.3 Å². The van der Waals surface area contributed by atoms with Crippen LogP contribution in [0.3, 0.4) is 0 Å². The molecule has 3 atom stereocenters. The van der Waals surface area contributed by atoms with E-state index in [0.717, 1.165) is 42.1 Å². The lowest BCUT2D eigenvalue weighted by atomic mass is 10.0. The molecule has 0 unspecified atom stereocenters. The predicted molar refractivity (Wildman–Crippen MR) is 155 cm³/mol. The van der Waals surface area contributed by atoms with Crippen LogP contribution in [0.25, 0.3) is 0 Å². The first kappa shape index (κ1) is 29.8. The first-order valence-corrected chi connectivity index (χ1v) is 14.1. The van der Waals surface area contributed by atoms with Crippen molar-refractivity contribution >= 4 is 40.9 Å². The van der Waals surface area contributed by atoms with Crippen LogP contribution in [0.2, 0.25) is 0 Å². The minimum Gasteiger partial charge on any atom is -0.344 e. The maximum atomic E-state index is 15.2. The standard InChI is InChI=1S/C32H25F4N3O3S/c1-18(37-28(40)15-19-13-21(34)16-22(35)14-19)31(41)38-29-30(24-17-20(33)11-12-25(24)36)43-27-10-6-5-9-26(27)39(32(29)42)23-7-3-2-4-8-23/h2-14,16-18,29-30H,15H2,1H3,(H,37,40)(H,38,41)/t18-,29+,30-/m0/s1. The van der Waals surface area contributed by atoms with E-state index in [0.29, 0.717) is 22.3 Å². The zero-order valence-corrected chi connectivity index (χ0v) is 23.5. The second-order valence-electron chi connectivity index (χ2n) is 9.91. The Hall–Kier alpha value is -4.64. The van der Waals surface area contributed by atoms with Crippen LogP contribution >= 0.6 is 11.8 Å². The number of halogens is 4. The van der Waals surface area contributed by atoms with Crippen LogP contribution in [-0.4, -0.2) is 29.8 Å².